The summed E-state index contributed by atoms with van der Waals surface area (Å²) in [5, 5.41) is 8.82. The van der Waals surface area contributed by atoms with Crippen LogP contribution in [0.4, 0.5) is 0 Å². The predicted octanol–water partition coefficient (Wildman–Crippen LogP) is -0.440. The molecular formula is C9H17NO4S. The number of nitrogens with zero attached hydrogens (tertiary/aromatic N) is 1. The minimum Gasteiger partial charge on any atom is -0.394 e. The number of rotatable bonds is 3. The third kappa shape index (κ3) is 2.33. The average Bonchev–Trinajstić information content (AvgIpc) is 3.00. The Bertz CT molecular complexity index is 325. The van der Waals surface area contributed by atoms with Crippen LogP contribution in [-0.4, -0.2) is 55.0 Å². The van der Waals surface area contributed by atoms with Gasteiger partial charge in [0.05, 0.1) is 24.1 Å². The summed E-state index contributed by atoms with van der Waals surface area (Å²) in [7, 11) is -3.12. The highest BCUT2D eigenvalue weighted by Crippen LogP contribution is 2.32. The van der Waals surface area contributed by atoms with Gasteiger partial charge in [-0.3, -0.25) is 0 Å². The molecule has 1 heterocycles. The molecule has 15 heavy (non-hydrogen) atoms. The van der Waals surface area contributed by atoms with Crippen molar-refractivity contribution < 1.29 is 18.3 Å². The third-order valence-corrected chi connectivity index (χ3v) is 5.13. The predicted molar refractivity (Wildman–Crippen MR) is 54.9 cm³/mol. The van der Waals surface area contributed by atoms with Crippen molar-refractivity contribution in [3.8, 4) is 0 Å². The molecule has 1 saturated heterocycles. The van der Waals surface area contributed by atoms with E-state index in [4.69, 9.17) is 9.84 Å². The molecule has 0 amide bonds. The lowest BCUT2D eigenvalue weighted by Gasteiger charge is -2.35. The molecule has 0 spiro atoms. The van der Waals surface area contributed by atoms with Crippen LogP contribution < -0.4 is 0 Å². The number of hydrogen-bond acceptors (Lipinski definition) is 4. The van der Waals surface area contributed by atoms with Crippen molar-refractivity contribution in [1.29, 1.82) is 0 Å². The van der Waals surface area contributed by atoms with Gasteiger partial charge in [0.1, 0.15) is 0 Å². The minimum absolute atomic E-state index is 0.124. The summed E-state index contributed by atoms with van der Waals surface area (Å²) >= 11 is 0. The van der Waals surface area contributed by atoms with Crippen LogP contribution in [0.2, 0.25) is 0 Å². The van der Waals surface area contributed by atoms with Crippen LogP contribution in [0, 0.1) is 0 Å². The van der Waals surface area contributed by atoms with Crippen molar-refractivity contribution in [2.75, 3.05) is 19.7 Å². The Morgan fingerprint density at radius 2 is 2.07 bits per heavy atom. The van der Waals surface area contributed by atoms with Gasteiger partial charge in [0.2, 0.25) is 10.0 Å². The Morgan fingerprint density at radius 3 is 2.60 bits per heavy atom. The fraction of sp³-hybridized carbons (Fsp3) is 1.00. The summed E-state index contributed by atoms with van der Waals surface area (Å²) in [5.74, 6) is 0. The Balaban J connectivity index is 2.08. The Kier molecular flexibility index (Phi) is 3.03. The highest BCUT2D eigenvalue weighted by Gasteiger charge is 2.42. The van der Waals surface area contributed by atoms with Gasteiger partial charge in [-0.2, -0.15) is 4.31 Å². The lowest BCUT2D eigenvalue weighted by molar-refractivity contribution is -0.0750. The van der Waals surface area contributed by atoms with E-state index in [2.05, 4.69) is 0 Å². The van der Waals surface area contributed by atoms with Crippen LogP contribution in [0.15, 0.2) is 0 Å². The van der Waals surface area contributed by atoms with E-state index in [1.165, 1.54) is 4.31 Å². The maximum atomic E-state index is 11.9. The average molecular weight is 235 g/mol. The second-order valence-electron chi connectivity index (χ2n) is 4.31. The highest BCUT2D eigenvalue weighted by molar-refractivity contribution is 7.90. The molecular weight excluding hydrogens is 218 g/mol. The molecule has 5 nitrogen and oxygen atoms in total. The zero-order chi connectivity index (χ0) is 11.1. The van der Waals surface area contributed by atoms with E-state index in [9.17, 15) is 8.42 Å². The summed E-state index contributed by atoms with van der Waals surface area (Å²) in [6, 6.07) is 0. The quantitative estimate of drug-likeness (QED) is 0.720. The van der Waals surface area contributed by atoms with E-state index >= 15 is 0 Å². The lowest BCUT2D eigenvalue weighted by Crippen LogP contribution is -2.51. The van der Waals surface area contributed by atoms with Crippen molar-refractivity contribution in [2.45, 2.75) is 37.2 Å². The van der Waals surface area contributed by atoms with Gasteiger partial charge >= 0.3 is 0 Å². The first-order valence-corrected chi connectivity index (χ1v) is 6.79. The summed E-state index contributed by atoms with van der Waals surface area (Å²) in [6.45, 7) is 2.41. The van der Waals surface area contributed by atoms with Crippen LogP contribution >= 0.6 is 0 Å². The molecule has 2 rings (SSSR count). The van der Waals surface area contributed by atoms with Crippen molar-refractivity contribution in [2.24, 2.45) is 0 Å². The Labute approximate surface area is 90.1 Å². The van der Waals surface area contributed by atoms with E-state index < -0.39 is 10.0 Å². The molecule has 1 N–H and O–H groups in total. The zero-order valence-electron chi connectivity index (χ0n) is 8.80. The number of aliphatic hydroxyl groups is 1. The van der Waals surface area contributed by atoms with Gasteiger partial charge in [-0.05, 0) is 19.8 Å². The standard InChI is InChI=1S/C9H17NO4S/c1-7-4-10(5-8(6-11)14-7)15(12,13)9-2-3-9/h7-9,11H,2-6H2,1H3. The Morgan fingerprint density at radius 1 is 1.40 bits per heavy atom. The van der Waals surface area contributed by atoms with Gasteiger partial charge < -0.3 is 9.84 Å². The molecule has 2 unspecified atom stereocenters. The lowest BCUT2D eigenvalue weighted by atomic mass is 10.2. The number of aliphatic hydroxyl groups excluding tert-OH is 1. The maximum Gasteiger partial charge on any atom is 0.217 e. The first-order chi connectivity index (χ1) is 7.04. The van der Waals surface area contributed by atoms with Gasteiger partial charge in [-0.15, -0.1) is 0 Å². The molecule has 0 aromatic carbocycles. The summed E-state index contributed by atoms with van der Waals surface area (Å²) in [5.41, 5.74) is 0. The van der Waals surface area contributed by atoms with E-state index in [1.54, 1.807) is 0 Å². The molecule has 6 heteroatoms. The summed E-state index contributed by atoms with van der Waals surface area (Å²) in [4.78, 5) is 0. The number of sulfonamides is 1. The zero-order valence-corrected chi connectivity index (χ0v) is 9.61. The van der Waals surface area contributed by atoms with Crippen molar-refractivity contribution >= 4 is 10.0 Å². The van der Waals surface area contributed by atoms with Crippen molar-refractivity contribution in [3.63, 3.8) is 0 Å². The molecule has 0 aromatic rings. The molecule has 0 radical (unpaired) electrons. The van der Waals surface area contributed by atoms with Crippen LogP contribution in [0.3, 0.4) is 0 Å². The molecule has 2 fully saturated rings. The van der Waals surface area contributed by atoms with Crippen LogP contribution in [0.5, 0.6) is 0 Å². The Hall–Kier alpha value is -0.170. The van der Waals surface area contributed by atoms with Crippen LogP contribution in [-0.2, 0) is 14.8 Å². The molecule has 2 aliphatic rings. The highest BCUT2D eigenvalue weighted by atomic mass is 32.2. The largest absolute Gasteiger partial charge is 0.394 e. The van der Waals surface area contributed by atoms with Gasteiger partial charge in [-0.1, -0.05) is 0 Å². The van der Waals surface area contributed by atoms with E-state index in [-0.39, 0.29) is 24.1 Å². The number of ether oxygens (including phenoxy) is 1. The van der Waals surface area contributed by atoms with Gasteiger partial charge in [0, 0.05) is 13.1 Å². The fourth-order valence-electron chi connectivity index (χ4n) is 1.89. The van der Waals surface area contributed by atoms with E-state index in [0.29, 0.717) is 13.1 Å². The van der Waals surface area contributed by atoms with Gasteiger partial charge in [-0.25, -0.2) is 8.42 Å². The smallest absolute Gasteiger partial charge is 0.217 e. The topological polar surface area (TPSA) is 66.8 Å². The first-order valence-electron chi connectivity index (χ1n) is 5.29. The molecule has 1 aliphatic carbocycles. The molecule has 1 aliphatic heterocycles. The van der Waals surface area contributed by atoms with E-state index in [1.807, 2.05) is 6.92 Å². The van der Waals surface area contributed by atoms with Gasteiger partial charge in [0.25, 0.3) is 0 Å². The molecule has 0 bridgehead atoms. The summed E-state index contributed by atoms with van der Waals surface area (Å²) < 4.78 is 30.8. The number of hydrogen-bond donors (Lipinski definition) is 1. The van der Waals surface area contributed by atoms with Crippen LogP contribution in [0.1, 0.15) is 19.8 Å². The minimum atomic E-state index is -3.12. The molecule has 1 saturated carbocycles. The fourth-order valence-corrected chi connectivity index (χ4v) is 3.83. The number of morpholine rings is 1. The third-order valence-electron chi connectivity index (χ3n) is 2.80. The van der Waals surface area contributed by atoms with Gasteiger partial charge in [0.15, 0.2) is 0 Å². The first kappa shape index (κ1) is 11.3. The van der Waals surface area contributed by atoms with Crippen LogP contribution in [0.25, 0.3) is 0 Å². The molecule has 0 aromatic heterocycles. The molecule has 2 atom stereocenters. The maximum absolute atomic E-state index is 11.9. The second-order valence-corrected chi connectivity index (χ2v) is 6.53. The normalized spacial score (nSPS) is 34.3. The summed E-state index contributed by atoms with van der Waals surface area (Å²) in [6.07, 6.45) is 1.04. The van der Waals surface area contributed by atoms with Crippen molar-refractivity contribution in [1.82, 2.24) is 4.31 Å². The SMILES string of the molecule is CC1CN(S(=O)(=O)C2CC2)CC(CO)O1. The monoisotopic (exact) mass is 235 g/mol. The van der Waals surface area contributed by atoms with Crippen molar-refractivity contribution in [3.05, 3.63) is 0 Å². The van der Waals surface area contributed by atoms with E-state index in [0.717, 1.165) is 12.8 Å². The molecule has 88 valence electrons. The second kappa shape index (κ2) is 4.01.